The quantitative estimate of drug-likeness (QED) is 0.457. The summed E-state index contributed by atoms with van der Waals surface area (Å²) in [5, 5.41) is 10.6. The molecule has 5 nitrogen and oxygen atoms in total. The third-order valence-corrected chi connectivity index (χ3v) is 6.40. The van der Waals surface area contributed by atoms with Gasteiger partial charge in [0.15, 0.2) is 5.78 Å². The first-order chi connectivity index (χ1) is 16.6. The van der Waals surface area contributed by atoms with E-state index in [-0.39, 0.29) is 12.4 Å². The van der Waals surface area contributed by atoms with Gasteiger partial charge in [-0.25, -0.2) is 0 Å². The number of Topliss-reactive ketones (excluding diaryl/α,β-unsaturated/α-hetero) is 1. The molecule has 178 valence electrons. The van der Waals surface area contributed by atoms with Gasteiger partial charge in [-0.05, 0) is 42.7 Å². The van der Waals surface area contributed by atoms with Crippen molar-refractivity contribution < 1.29 is 14.6 Å². The summed E-state index contributed by atoms with van der Waals surface area (Å²) in [5.74, 6) is 0.602. The normalized spacial score (nSPS) is 15.2. The number of ether oxygens (including phenoxy) is 1. The summed E-state index contributed by atoms with van der Waals surface area (Å²) in [4.78, 5) is 17.5. The summed E-state index contributed by atoms with van der Waals surface area (Å²) in [5.41, 5.74) is 4.31. The molecule has 0 saturated carbocycles. The zero-order valence-corrected chi connectivity index (χ0v) is 19.9. The molecule has 0 bridgehead atoms. The van der Waals surface area contributed by atoms with E-state index in [9.17, 15) is 9.90 Å². The van der Waals surface area contributed by atoms with Crippen molar-refractivity contribution in [2.45, 2.75) is 25.9 Å². The Bertz CT molecular complexity index is 1060. The monoisotopic (exact) mass is 458 g/mol. The first kappa shape index (κ1) is 24.0. The lowest BCUT2D eigenvalue weighted by Crippen LogP contribution is -2.49. The van der Waals surface area contributed by atoms with E-state index in [0.717, 1.165) is 31.7 Å². The highest BCUT2D eigenvalue weighted by molar-refractivity contribution is 5.98. The molecule has 4 rings (SSSR count). The zero-order chi connectivity index (χ0) is 23.8. The maximum Gasteiger partial charge on any atom is 0.166 e. The van der Waals surface area contributed by atoms with Crippen LogP contribution in [0, 0.1) is 6.92 Å². The molecule has 0 amide bonds. The number of nitrogens with zero attached hydrogens (tertiary/aromatic N) is 2. The van der Waals surface area contributed by atoms with Crippen molar-refractivity contribution in [3.05, 3.63) is 95.6 Å². The number of rotatable bonds is 10. The molecule has 5 heteroatoms. The van der Waals surface area contributed by atoms with Gasteiger partial charge in [-0.2, -0.15) is 0 Å². The van der Waals surface area contributed by atoms with E-state index in [1.807, 2.05) is 48.5 Å². The van der Waals surface area contributed by atoms with Gasteiger partial charge in [0.1, 0.15) is 18.5 Å². The van der Waals surface area contributed by atoms with Crippen molar-refractivity contribution in [2.75, 3.05) is 44.2 Å². The summed E-state index contributed by atoms with van der Waals surface area (Å²) in [7, 11) is 0. The number of piperazine rings is 1. The molecule has 1 atom stereocenters. The molecule has 1 N–H and O–H groups in total. The minimum Gasteiger partial charge on any atom is -0.490 e. The lowest BCUT2D eigenvalue weighted by molar-refractivity contribution is 0.0655. The lowest BCUT2D eigenvalue weighted by Gasteiger charge is -2.37. The van der Waals surface area contributed by atoms with Gasteiger partial charge in [0.25, 0.3) is 0 Å². The molecule has 1 unspecified atom stereocenters. The molecule has 3 aromatic rings. The van der Waals surface area contributed by atoms with E-state index in [2.05, 4.69) is 41.0 Å². The van der Waals surface area contributed by atoms with Gasteiger partial charge in [0.05, 0.1) is 5.56 Å². The molecule has 0 spiro atoms. The number of benzene rings is 3. The van der Waals surface area contributed by atoms with E-state index in [1.54, 1.807) is 6.07 Å². The highest BCUT2D eigenvalue weighted by Gasteiger charge is 2.21. The highest BCUT2D eigenvalue weighted by atomic mass is 16.5. The Hall–Kier alpha value is -3.15. The van der Waals surface area contributed by atoms with Crippen molar-refractivity contribution in [1.82, 2.24) is 4.90 Å². The topological polar surface area (TPSA) is 53.0 Å². The summed E-state index contributed by atoms with van der Waals surface area (Å²) in [6, 6.07) is 25.8. The fourth-order valence-corrected chi connectivity index (χ4v) is 4.49. The number of carbonyl (C=O) groups is 1. The van der Waals surface area contributed by atoms with Crippen LogP contribution in [0.3, 0.4) is 0 Å². The number of hydrogen-bond acceptors (Lipinski definition) is 5. The van der Waals surface area contributed by atoms with Crippen molar-refractivity contribution >= 4 is 11.5 Å². The van der Waals surface area contributed by atoms with Crippen molar-refractivity contribution in [1.29, 1.82) is 0 Å². The SMILES string of the molecule is Cc1ccccc1N1CCN(CC(O)COc2ccccc2C(=O)CCc2ccccc2)CC1. The molecule has 1 aliphatic heterocycles. The number of aliphatic hydroxyl groups excluding tert-OH is 1. The third-order valence-electron chi connectivity index (χ3n) is 6.40. The number of aliphatic hydroxyl groups is 1. The van der Waals surface area contributed by atoms with Gasteiger partial charge in [0.2, 0.25) is 0 Å². The lowest BCUT2D eigenvalue weighted by atomic mass is 10.0. The van der Waals surface area contributed by atoms with Crippen LogP contribution < -0.4 is 9.64 Å². The minimum absolute atomic E-state index is 0.0567. The van der Waals surface area contributed by atoms with Crippen molar-refractivity contribution in [3.63, 3.8) is 0 Å². The smallest absolute Gasteiger partial charge is 0.166 e. The molecule has 3 aromatic carbocycles. The Balaban J connectivity index is 1.25. The molecule has 0 aromatic heterocycles. The van der Waals surface area contributed by atoms with Crippen LogP contribution in [0.2, 0.25) is 0 Å². The molecule has 0 radical (unpaired) electrons. The van der Waals surface area contributed by atoms with Crippen LogP contribution in [-0.4, -0.2) is 61.2 Å². The van der Waals surface area contributed by atoms with Gasteiger partial charge < -0.3 is 14.7 Å². The Morgan fingerprint density at radius 3 is 2.35 bits per heavy atom. The Morgan fingerprint density at radius 2 is 1.59 bits per heavy atom. The summed E-state index contributed by atoms with van der Waals surface area (Å²) in [6.45, 7) is 6.56. The molecule has 1 fully saturated rings. The number of carbonyl (C=O) groups excluding carboxylic acids is 1. The number of anilines is 1. The van der Waals surface area contributed by atoms with Crippen LogP contribution >= 0.6 is 0 Å². The first-order valence-corrected chi connectivity index (χ1v) is 12.1. The summed E-state index contributed by atoms with van der Waals surface area (Å²) < 4.78 is 5.91. The van der Waals surface area contributed by atoms with Crippen molar-refractivity contribution in [3.8, 4) is 5.75 Å². The van der Waals surface area contributed by atoms with E-state index in [1.165, 1.54) is 11.3 Å². The average molecular weight is 459 g/mol. The van der Waals surface area contributed by atoms with Gasteiger partial charge in [-0.3, -0.25) is 9.69 Å². The molecule has 1 aliphatic rings. The van der Waals surface area contributed by atoms with Crippen LogP contribution in [0.1, 0.15) is 27.9 Å². The maximum absolute atomic E-state index is 12.8. The van der Waals surface area contributed by atoms with Crippen LogP contribution in [-0.2, 0) is 6.42 Å². The second-order valence-electron chi connectivity index (χ2n) is 8.94. The second-order valence-corrected chi connectivity index (χ2v) is 8.94. The maximum atomic E-state index is 12.8. The van der Waals surface area contributed by atoms with Crippen LogP contribution in [0.4, 0.5) is 5.69 Å². The second kappa shape index (κ2) is 11.8. The number of hydrogen-bond donors (Lipinski definition) is 1. The molecule has 1 heterocycles. The van der Waals surface area contributed by atoms with Crippen LogP contribution in [0.25, 0.3) is 0 Å². The highest BCUT2D eigenvalue weighted by Crippen LogP contribution is 2.22. The largest absolute Gasteiger partial charge is 0.490 e. The fourth-order valence-electron chi connectivity index (χ4n) is 4.49. The van der Waals surface area contributed by atoms with Gasteiger partial charge in [0, 0.05) is 44.8 Å². The molecular formula is C29H34N2O3. The van der Waals surface area contributed by atoms with Gasteiger partial charge in [-0.1, -0.05) is 60.7 Å². The average Bonchev–Trinajstić information content (AvgIpc) is 2.88. The molecule has 0 aliphatic carbocycles. The molecule has 1 saturated heterocycles. The predicted molar refractivity (Wildman–Crippen MR) is 137 cm³/mol. The van der Waals surface area contributed by atoms with Gasteiger partial charge >= 0.3 is 0 Å². The van der Waals surface area contributed by atoms with E-state index in [4.69, 9.17) is 4.74 Å². The van der Waals surface area contributed by atoms with Crippen LogP contribution in [0.15, 0.2) is 78.9 Å². The molecule has 34 heavy (non-hydrogen) atoms. The standard InChI is InChI=1S/C29H34N2O3/c1-23-9-5-7-13-27(23)31-19-17-30(18-20-31)21-25(32)22-34-29-14-8-6-12-26(29)28(33)16-15-24-10-3-2-4-11-24/h2-14,25,32H,15-22H2,1H3. The van der Waals surface area contributed by atoms with E-state index in [0.29, 0.717) is 30.7 Å². The Morgan fingerprint density at radius 1 is 0.912 bits per heavy atom. The fraction of sp³-hybridized carbons (Fsp3) is 0.345. The van der Waals surface area contributed by atoms with E-state index >= 15 is 0 Å². The number of ketones is 1. The summed E-state index contributed by atoms with van der Waals surface area (Å²) >= 11 is 0. The Labute approximate surface area is 202 Å². The van der Waals surface area contributed by atoms with Crippen LogP contribution in [0.5, 0.6) is 5.75 Å². The first-order valence-electron chi connectivity index (χ1n) is 12.1. The van der Waals surface area contributed by atoms with Crippen molar-refractivity contribution in [2.24, 2.45) is 0 Å². The minimum atomic E-state index is -0.613. The third kappa shape index (κ3) is 6.46. The Kier molecular flexibility index (Phi) is 8.34. The number of β-amino-alcohol motifs (C(OH)–C–C–N with tert-alkyl or cyclic N) is 1. The number of para-hydroxylation sites is 2. The predicted octanol–water partition coefficient (Wildman–Crippen LogP) is 4.37. The zero-order valence-electron chi connectivity index (χ0n) is 19.9. The van der Waals surface area contributed by atoms with E-state index < -0.39 is 6.10 Å². The summed E-state index contributed by atoms with van der Waals surface area (Å²) in [6.07, 6.45) is 0.515. The van der Waals surface area contributed by atoms with Gasteiger partial charge in [-0.15, -0.1) is 0 Å². The molecular weight excluding hydrogens is 424 g/mol. The number of aryl methyl sites for hydroxylation is 2.